The Labute approximate surface area is 102 Å². The van der Waals surface area contributed by atoms with E-state index < -0.39 is 11.9 Å². The van der Waals surface area contributed by atoms with Gasteiger partial charge < -0.3 is 15.7 Å². The highest BCUT2D eigenvalue weighted by Crippen LogP contribution is 2.30. The number of nitrogens with one attached hydrogen (secondary N) is 2. The largest absolute Gasteiger partial charge is 0.481 e. The van der Waals surface area contributed by atoms with E-state index in [0.717, 1.165) is 25.8 Å². The molecule has 17 heavy (non-hydrogen) atoms. The van der Waals surface area contributed by atoms with E-state index in [1.807, 2.05) is 7.05 Å². The Hall–Kier alpha value is -1.10. The Morgan fingerprint density at radius 1 is 1.18 bits per heavy atom. The van der Waals surface area contributed by atoms with Crippen molar-refractivity contribution in [2.75, 3.05) is 20.1 Å². The molecule has 98 valence electrons. The number of carbonyl (C=O) groups excluding carboxylic acids is 1. The first-order valence-corrected chi connectivity index (χ1v) is 6.32. The molecule has 5 nitrogen and oxygen atoms in total. The molecule has 2 unspecified atom stereocenters. The number of carbonyl (C=O) groups is 2. The second-order valence-corrected chi connectivity index (χ2v) is 4.58. The molecule has 0 aromatic rings. The van der Waals surface area contributed by atoms with Crippen LogP contribution in [0.15, 0.2) is 0 Å². The molecule has 0 aliphatic heterocycles. The Kier molecular flexibility index (Phi) is 5.97. The van der Waals surface area contributed by atoms with Gasteiger partial charge in [0.25, 0.3) is 0 Å². The van der Waals surface area contributed by atoms with Gasteiger partial charge in [-0.1, -0.05) is 12.8 Å². The van der Waals surface area contributed by atoms with E-state index in [1.165, 1.54) is 0 Å². The van der Waals surface area contributed by atoms with Crippen molar-refractivity contribution < 1.29 is 14.7 Å². The van der Waals surface area contributed by atoms with E-state index >= 15 is 0 Å². The van der Waals surface area contributed by atoms with E-state index in [2.05, 4.69) is 10.6 Å². The van der Waals surface area contributed by atoms with E-state index in [9.17, 15) is 9.59 Å². The number of carboxylic acid groups (broad SMARTS) is 1. The summed E-state index contributed by atoms with van der Waals surface area (Å²) in [7, 11) is 1.86. The fraction of sp³-hybridized carbons (Fsp3) is 0.833. The van der Waals surface area contributed by atoms with Crippen LogP contribution >= 0.6 is 0 Å². The standard InChI is InChI=1S/C12H22N2O3/c1-13-7-4-8-14-11(15)9-5-2-3-6-10(9)12(16)17/h9-10,13H,2-8H2,1H3,(H,14,15)(H,16,17). The molecule has 5 heteroatoms. The molecule has 1 fully saturated rings. The van der Waals surface area contributed by atoms with Gasteiger partial charge in [0.15, 0.2) is 0 Å². The van der Waals surface area contributed by atoms with Crippen LogP contribution in [0.1, 0.15) is 32.1 Å². The minimum atomic E-state index is -0.833. The monoisotopic (exact) mass is 242 g/mol. The molecular weight excluding hydrogens is 220 g/mol. The number of hydrogen-bond acceptors (Lipinski definition) is 3. The summed E-state index contributed by atoms with van der Waals surface area (Å²) in [5.41, 5.74) is 0. The molecule has 1 rings (SSSR count). The highest BCUT2D eigenvalue weighted by atomic mass is 16.4. The number of aliphatic carboxylic acids is 1. The fourth-order valence-electron chi connectivity index (χ4n) is 2.35. The maximum atomic E-state index is 11.9. The van der Waals surface area contributed by atoms with Crippen LogP contribution in [0.25, 0.3) is 0 Å². The molecule has 0 aromatic heterocycles. The average Bonchev–Trinajstić information content (AvgIpc) is 2.34. The summed E-state index contributed by atoms with van der Waals surface area (Å²) in [6.45, 7) is 1.47. The van der Waals surface area contributed by atoms with Crippen molar-refractivity contribution >= 4 is 11.9 Å². The van der Waals surface area contributed by atoms with Gasteiger partial charge in [-0.2, -0.15) is 0 Å². The zero-order chi connectivity index (χ0) is 12.7. The molecule has 3 N–H and O–H groups in total. The quantitative estimate of drug-likeness (QED) is 0.596. The normalized spacial score (nSPS) is 24.3. The van der Waals surface area contributed by atoms with E-state index in [-0.39, 0.29) is 11.8 Å². The summed E-state index contributed by atoms with van der Waals surface area (Å²) >= 11 is 0. The molecule has 1 aliphatic carbocycles. The molecule has 0 spiro atoms. The lowest BCUT2D eigenvalue weighted by Gasteiger charge is -2.27. The first kappa shape index (κ1) is 14.0. The van der Waals surface area contributed by atoms with Gasteiger partial charge >= 0.3 is 5.97 Å². The molecule has 0 radical (unpaired) electrons. The van der Waals surface area contributed by atoms with Gasteiger partial charge in [0.05, 0.1) is 11.8 Å². The summed E-state index contributed by atoms with van der Waals surface area (Å²) in [5, 5.41) is 14.9. The van der Waals surface area contributed by atoms with Crippen LogP contribution in [0, 0.1) is 11.8 Å². The molecule has 0 bridgehead atoms. The molecule has 0 heterocycles. The van der Waals surface area contributed by atoms with Crippen LogP contribution in [0.2, 0.25) is 0 Å². The molecule has 1 aliphatic rings. The summed E-state index contributed by atoms with van der Waals surface area (Å²) in [5.74, 6) is -1.75. The Morgan fingerprint density at radius 3 is 2.41 bits per heavy atom. The number of rotatable bonds is 6. The van der Waals surface area contributed by atoms with Crippen molar-refractivity contribution in [3.63, 3.8) is 0 Å². The molecule has 1 amide bonds. The maximum Gasteiger partial charge on any atom is 0.307 e. The Morgan fingerprint density at radius 2 is 1.82 bits per heavy atom. The molecule has 2 atom stereocenters. The minimum Gasteiger partial charge on any atom is -0.481 e. The number of amides is 1. The number of carboxylic acids is 1. The topological polar surface area (TPSA) is 78.4 Å². The molecule has 0 aromatic carbocycles. The van der Waals surface area contributed by atoms with Gasteiger partial charge in [-0.3, -0.25) is 9.59 Å². The Balaban J connectivity index is 2.39. The van der Waals surface area contributed by atoms with Gasteiger partial charge in [-0.05, 0) is 32.9 Å². The highest BCUT2D eigenvalue weighted by molar-refractivity contribution is 5.84. The molecule has 1 saturated carbocycles. The summed E-state index contributed by atoms with van der Waals surface area (Å²) in [6, 6.07) is 0. The first-order chi connectivity index (χ1) is 8.16. The molecule has 0 saturated heterocycles. The summed E-state index contributed by atoms with van der Waals surface area (Å²) < 4.78 is 0. The van der Waals surface area contributed by atoms with Crippen LogP contribution in [0.3, 0.4) is 0 Å². The van der Waals surface area contributed by atoms with Crippen LogP contribution in [-0.4, -0.2) is 37.1 Å². The van der Waals surface area contributed by atoms with Gasteiger partial charge in [-0.15, -0.1) is 0 Å². The first-order valence-electron chi connectivity index (χ1n) is 6.32. The van der Waals surface area contributed by atoms with Crippen LogP contribution in [0.5, 0.6) is 0 Å². The second kappa shape index (κ2) is 7.27. The maximum absolute atomic E-state index is 11.9. The van der Waals surface area contributed by atoms with Gasteiger partial charge in [0, 0.05) is 6.54 Å². The smallest absolute Gasteiger partial charge is 0.307 e. The third kappa shape index (κ3) is 4.34. The van der Waals surface area contributed by atoms with Gasteiger partial charge in [-0.25, -0.2) is 0 Å². The van der Waals surface area contributed by atoms with Crippen LogP contribution in [0.4, 0.5) is 0 Å². The predicted molar refractivity (Wildman–Crippen MR) is 64.6 cm³/mol. The zero-order valence-corrected chi connectivity index (χ0v) is 10.4. The summed E-state index contributed by atoms with van der Waals surface area (Å²) in [6.07, 6.45) is 4.07. The van der Waals surface area contributed by atoms with Crippen molar-refractivity contribution in [2.24, 2.45) is 11.8 Å². The van der Waals surface area contributed by atoms with Crippen LogP contribution in [-0.2, 0) is 9.59 Å². The Bertz CT molecular complexity index is 268. The van der Waals surface area contributed by atoms with E-state index in [4.69, 9.17) is 5.11 Å². The van der Waals surface area contributed by atoms with Gasteiger partial charge in [0.2, 0.25) is 5.91 Å². The van der Waals surface area contributed by atoms with Gasteiger partial charge in [0.1, 0.15) is 0 Å². The number of hydrogen-bond donors (Lipinski definition) is 3. The zero-order valence-electron chi connectivity index (χ0n) is 10.4. The predicted octanol–water partition coefficient (Wildman–Crippen LogP) is 0.603. The highest BCUT2D eigenvalue weighted by Gasteiger charge is 2.35. The van der Waals surface area contributed by atoms with Crippen molar-refractivity contribution in [2.45, 2.75) is 32.1 Å². The molecular formula is C12H22N2O3. The van der Waals surface area contributed by atoms with Crippen molar-refractivity contribution in [3.8, 4) is 0 Å². The third-order valence-electron chi connectivity index (χ3n) is 3.32. The van der Waals surface area contributed by atoms with Crippen molar-refractivity contribution in [1.29, 1.82) is 0 Å². The summed E-state index contributed by atoms with van der Waals surface area (Å²) in [4.78, 5) is 22.9. The lowest BCUT2D eigenvalue weighted by Crippen LogP contribution is -2.40. The average molecular weight is 242 g/mol. The fourth-order valence-corrected chi connectivity index (χ4v) is 2.35. The van der Waals surface area contributed by atoms with Crippen LogP contribution < -0.4 is 10.6 Å². The minimum absolute atomic E-state index is 0.0896. The van der Waals surface area contributed by atoms with E-state index in [0.29, 0.717) is 19.4 Å². The SMILES string of the molecule is CNCCCNC(=O)C1CCCCC1C(=O)O. The lowest BCUT2D eigenvalue weighted by atomic mass is 9.79. The van der Waals surface area contributed by atoms with Crippen molar-refractivity contribution in [1.82, 2.24) is 10.6 Å². The van der Waals surface area contributed by atoms with Crippen molar-refractivity contribution in [3.05, 3.63) is 0 Å². The second-order valence-electron chi connectivity index (χ2n) is 4.58. The van der Waals surface area contributed by atoms with E-state index in [1.54, 1.807) is 0 Å². The lowest BCUT2D eigenvalue weighted by molar-refractivity contribution is -0.148. The third-order valence-corrected chi connectivity index (χ3v) is 3.32.